The van der Waals surface area contributed by atoms with Gasteiger partial charge < -0.3 is 4.43 Å². The van der Waals surface area contributed by atoms with Crippen LogP contribution in [0.1, 0.15) is 28.7 Å². The van der Waals surface area contributed by atoms with Crippen LogP contribution in [0.15, 0.2) is 58.9 Å². The van der Waals surface area contributed by atoms with E-state index in [4.69, 9.17) is 4.43 Å². The van der Waals surface area contributed by atoms with Crippen LogP contribution < -0.4 is 0 Å². The summed E-state index contributed by atoms with van der Waals surface area (Å²) in [4.78, 5) is 0. The van der Waals surface area contributed by atoms with Crippen molar-refractivity contribution in [2.45, 2.75) is 51.5 Å². The normalized spacial score (nSPS) is 15.9. The second-order valence-electron chi connectivity index (χ2n) is 9.49. The van der Waals surface area contributed by atoms with Crippen LogP contribution >= 0.6 is 0 Å². The highest BCUT2D eigenvalue weighted by molar-refractivity contribution is 6.93. The Morgan fingerprint density at radius 1 is 0.750 bits per heavy atom. The Bertz CT molecular complexity index is 870. The predicted octanol–water partition coefficient (Wildman–Crippen LogP) is 6.66. The zero-order chi connectivity index (χ0) is 19.8. The second-order valence-corrected chi connectivity index (χ2v) is 18.4. The molecule has 2 aliphatic carbocycles. The summed E-state index contributed by atoms with van der Waals surface area (Å²) in [5, 5.41) is 3.42. The molecule has 0 unspecified atom stereocenters. The highest BCUT2D eigenvalue weighted by Gasteiger charge is 2.38. The van der Waals surface area contributed by atoms with Gasteiger partial charge in [-0.15, -0.1) is 0 Å². The zero-order valence-electron chi connectivity index (χ0n) is 17.7. The van der Waals surface area contributed by atoms with Crippen LogP contribution in [0.2, 0.25) is 32.2 Å². The van der Waals surface area contributed by atoms with E-state index in [1.165, 1.54) is 34.7 Å². The Balaban J connectivity index is 1.59. The van der Waals surface area contributed by atoms with Gasteiger partial charge in [-0.25, -0.2) is 0 Å². The van der Waals surface area contributed by atoms with E-state index in [1.54, 1.807) is 10.4 Å². The van der Waals surface area contributed by atoms with Crippen molar-refractivity contribution in [3.63, 3.8) is 0 Å². The third-order valence-corrected chi connectivity index (χ3v) is 12.2. The van der Waals surface area contributed by atoms with Crippen molar-refractivity contribution in [1.29, 1.82) is 0 Å². The molecule has 0 atom stereocenters. The summed E-state index contributed by atoms with van der Waals surface area (Å²) in [6, 6.07) is 19.2. The minimum atomic E-state index is -1.72. The first kappa shape index (κ1) is 19.6. The number of allylic oxidation sites excluding steroid dienone is 2. The third-order valence-electron chi connectivity index (χ3n) is 6.31. The molecule has 0 spiro atoms. The van der Waals surface area contributed by atoms with Crippen molar-refractivity contribution >= 4 is 28.5 Å². The van der Waals surface area contributed by atoms with Crippen LogP contribution in [0.25, 0.3) is 12.2 Å². The maximum Gasteiger partial charge on any atom is 0.183 e. The SMILES string of the molecule is C[Si](C)(C)OCCC[Si](C)(C1=Cc2ccccc2C1)C1=Cc2ccccc2C1. The molecular formula is C25H32OSi2. The lowest BCUT2D eigenvalue weighted by Crippen LogP contribution is -2.37. The van der Waals surface area contributed by atoms with Crippen molar-refractivity contribution in [2.75, 3.05) is 6.61 Å². The van der Waals surface area contributed by atoms with Gasteiger partial charge in [-0.2, -0.15) is 0 Å². The Kier molecular flexibility index (Phi) is 5.34. The monoisotopic (exact) mass is 404 g/mol. The highest BCUT2D eigenvalue weighted by atomic mass is 28.4. The van der Waals surface area contributed by atoms with Gasteiger partial charge in [-0.1, -0.05) is 77.6 Å². The molecule has 0 heterocycles. The molecule has 1 nitrogen and oxygen atoms in total. The van der Waals surface area contributed by atoms with Crippen molar-refractivity contribution in [3.8, 4) is 0 Å². The maximum absolute atomic E-state index is 6.20. The first-order valence-corrected chi connectivity index (χ1v) is 16.7. The van der Waals surface area contributed by atoms with Crippen LogP contribution in [0.4, 0.5) is 0 Å². The quantitative estimate of drug-likeness (QED) is 0.370. The molecule has 0 N–H and O–H groups in total. The Hall–Kier alpha value is -1.69. The van der Waals surface area contributed by atoms with E-state index in [1.807, 2.05) is 0 Å². The van der Waals surface area contributed by atoms with Crippen molar-refractivity contribution < 1.29 is 4.43 Å². The van der Waals surface area contributed by atoms with Crippen LogP contribution in [-0.4, -0.2) is 23.0 Å². The van der Waals surface area contributed by atoms with E-state index in [9.17, 15) is 0 Å². The summed E-state index contributed by atoms with van der Waals surface area (Å²) in [6.07, 6.45) is 8.49. The van der Waals surface area contributed by atoms with Crippen molar-refractivity contribution in [2.24, 2.45) is 0 Å². The molecule has 0 amide bonds. The molecule has 0 radical (unpaired) electrons. The number of benzene rings is 2. The number of hydrogen-bond donors (Lipinski definition) is 0. The lowest BCUT2D eigenvalue weighted by Gasteiger charge is -2.32. The smallest absolute Gasteiger partial charge is 0.183 e. The minimum Gasteiger partial charge on any atom is -0.418 e. The average molecular weight is 405 g/mol. The fourth-order valence-corrected chi connectivity index (χ4v) is 9.37. The van der Waals surface area contributed by atoms with Gasteiger partial charge in [-0.3, -0.25) is 0 Å². The van der Waals surface area contributed by atoms with Gasteiger partial charge in [0.1, 0.15) is 8.07 Å². The lowest BCUT2D eigenvalue weighted by molar-refractivity contribution is 0.310. The maximum atomic E-state index is 6.20. The molecular weight excluding hydrogens is 372 g/mol. The molecule has 2 aliphatic rings. The first-order valence-electron chi connectivity index (χ1n) is 10.6. The zero-order valence-corrected chi connectivity index (χ0v) is 19.7. The predicted molar refractivity (Wildman–Crippen MR) is 127 cm³/mol. The molecule has 0 fully saturated rings. The molecule has 146 valence electrons. The van der Waals surface area contributed by atoms with Crippen molar-refractivity contribution in [1.82, 2.24) is 0 Å². The molecule has 2 aromatic rings. The molecule has 0 aromatic heterocycles. The van der Waals surface area contributed by atoms with Crippen LogP contribution in [-0.2, 0) is 17.3 Å². The van der Waals surface area contributed by atoms with Gasteiger partial charge >= 0.3 is 0 Å². The van der Waals surface area contributed by atoms with E-state index in [0.29, 0.717) is 0 Å². The highest BCUT2D eigenvalue weighted by Crippen LogP contribution is 2.42. The summed E-state index contributed by atoms with van der Waals surface area (Å²) in [6.45, 7) is 10.4. The number of fused-ring (bicyclic) bond motifs is 2. The molecule has 0 aliphatic heterocycles. The Morgan fingerprint density at radius 3 is 1.71 bits per heavy atom. The Morgan fingerprint density at radius 2 is 1.25 bits per heavy atom. The van der Waals surface area contributed by atoms with Gasteiger partial charge in [0, 0.05) is 6.61 Å². The summed E-state index contributed by atoms with van der Waals surface area (Å²) in [5.41, 5.74) is 5.88. The van der Waals surface area contributed by atoms with Gasteiger partial charge in [0.05, 0.1) is 0 Å². The summed E-state index contributed by atoms with van der Waals surface area (Å²) >= 11 is 0. The minimum absolute atomic E-state index is 0.915. The lowest BCUT2D eigenvalue weighted by atomic mass is 10.1. The average Bonchev–Trinajstić information content (AvgIpc) is 3.28. The molecule has 0 bridgehead atoms. The fraction of sp³-hybridized carbons (Fsp3) is 0.360. The van der Waals surface area contributed by atoms with Gasteiger partial charge in [0.25, 0.3) is 0 Å². The summed E-state index contributed by atoms with van der Waals surface area (Å²) in [7, 11) is -3.15. The molecule has 28 heavy (non-hydrogen) atoms. The first-order chi connectivity index (χ1) is 13.4. The third kappa shape index (κ3) is 4.02. The molecule has 3 heteroatoms. The molecule has 4 rings (SSSR count). The van der Waals surface area contributed by atoms with Gasteiger partial charge in [0.2, 0.25) is 0 Å². The van der Waals surface area contributed by atoms with Gasteiger partial charge in [-0.05, 0) is 67.2 Å². The van der Waals surface area contributed by atoms with Crippen LogP contribution in [0.5, 0.6) is 0 Å². The van der Waals surface area contributed by atoms with E-state index >= 15 is 0 Å². The molecule has 0 saturated heterocycles. The van der Waals surface area contributed by atoms with E-state index in [2.05, 4.69) is 86.9 Å². The largest absolute Gasteiger partial charge is 0.418 e. The molecule has 2 aromatic carbocycles. The topological polar surface area (TPSA) is 9.23 Å². The van der Waals surface area contributed by atoms with Crippen molar-refractivity contribution in [3.05, 3.63) is 81.2 Å². The van der Waals surface area contributed by atoms with E-state index in [0.717, 1.165) is 19.4 Å². The Labute approximate surface area is 172 Å². The fourth-order valence-electron chi connectivity index (χ4n) is 4.60. The standard InChI is InChI=1S/C25H32OSi2/c1-27(2,3)26-14-9-15-28(4,24-16-20-10-5-6-11-21(20)17-24)25-18-22-12-7-8-13-23(22)19-25/h5-8,10-13,16,18H,9,14-15,17,19H2,1-4H3. The number of hydrogen-bond acceptors (Lipinski definition) is 1. The second kappa shape index (κ2) is 7.62. The number of rotatable bonds is 7. The van der Waals surface area contributed by atoms with Crippen LogP contribution in [0.3, 0.4) is 0 Å². The summed E-state index contributed by atoms with van der Waals surface area (Å²) in [5.74, 6) is 0. The van der Waals surface area contributed by atoms with E-state index < -0.39 is 16.4 Å². The van der Waals surface area contributed by atoms with Gasteiger partial charge in [0.15, 0.2) is 8.32 Å². The molecule has 0 saturated carbocycles. The summed E-state index contributed by atoms with van der Waals surface area (Å²) < 4.78 is 6.20. The van der Waals surface area contributed by atoms with Crippen LogP contribution in [0, 0.1) is 0 Å². The van der Waals surface area contributed by atoms with E-state index in [-0.39, 0.29) is 0 Å².